The number of hydrogen-bond acceptors (Lipinski definition) is 3. The molecule has 1 aliphatic rings. The molecule has 0 bridgehead atoms. The SMILES string of the molecule is C=CCOc1ccc(CNCCC2=CCCCC2)cc1OCC.Cl. The van der Waals surface area contributed by atoms with Gasteiger partial charge >= 0.3 is 0 Å². The van der Waals surface area contributed by atoms with Crippen molar-refractivity contribution >= 4 is 12.4 Å². The molecule has 1 aromatic carbocycles. The molecule has 1 N–H and O–H groups in total. The first-order valence-corrected chi connectivity index (χ1v) is 8.71. The van der Waals surface area contributed by atoms with Crippen LogP contribution in [-0.4, -0.2) is 19.8 Å². The van der Waals surface area contributed by atoms with Crippen molar-refractivity contribution in [1.29, 1.82) is 0 Å². The number of allylic oxidation sites excluding steroid dienone is 1. The minimum atomic E-state index is 0. The summed E-state index contributed by atoms with van der Waals surface area (Å²) in [6.45, 7) is 8.68. The van der Waals surface area contributed by atoms with Crippen LogP contribution >= 0.6 is 12.4 Å². The van der Waals surface area contributed by atoms with Crippen molar-refractivity contribution in [1.82, 2.24) is 5.32 Å². The lowest BCUT2D eigenvalue weighted by Gasteiger charge is -2.14. The van der Waals surface area contributed by atoms with E-state index in [0.717, 1.165) is 24.6 Å². The standard InChI is InChI=1S/C20H29NO2.ClH/c1-3-14-23-19-11-10-18(15-20(19)22-4-2)16-21-13-12-17-8-6-5-7-9-17;/h3,8,10-11,15,21H,1,4-7,9,12-14,16H2,2H3;1H. The van der Waals surface area contributed by atoms with Gasteiger partial charge in [-0.05, 0) is 63.3 Å². The second kappa shape index (κ2) is 12.0. The monoisotopic (exact) mass is 351 g/mol. The van der Waals surface area contributed by atoms with Gasteiger partial charge in [0.1, 0.15) is 6.61 Å². The Morgan fingerprint density at radius 2 is 2.08 bits per heavy atom. The molecular formula is C20H30ClNO2. The Hall–Kier alpha value is -1.45. The molecule has 0 aliphatic heterocycles. The van der Waals surface area contributed by atoms with Crippen molar-refractivity contribution in [2.24, 2.45) is 0 Å². The first-order chi connectivity index (χ1) is 11.3. The highest BCUT2D eigenvalue weighted by atomic mass is 35.5. The molecular weight excluding hydrogens is 322 g/mol. The number of halogens is 1. The Kier molecular flexibility index (Phi) is 10.3. The van der Waals surface area contributed by atoms with Gasteiger partial charge in [-0.25, -0.2) is 0 Å². The van der Waals surface area contributed by atoms with Crippen LogP contribution in [0.3, 0.4) is 0 Å². The highest BCUT2D eigenvalue weighted by molar-refractivity contribution is 5.85. The Labute approximate surface area is 152 Å². The summed E-state index contributed by atoms with van der Waals surface area (Å²) in [4.78, 5) is 0. The average Bonchev–Trinajstić information content (AvgIpc) is 2.59. The highest BCUT2D eigenvalue weighted by Crippen LogP contribution is 2.28. The highest BCUT2D eigenvalue weighted by Gasteiger charge is 2.07. The predicted octanol–water partition coefficient (Wildman–Crippen LogP) is 5.05. The lowest BCUT2D eigenvalue weighted by atomic mass is 9.97. The molecule has 0 saturated carbocycles. The molecule has 0 aromatic heterocycles. The first kappa shape index (κ1) is 20.6. The summed E-state index contributed by atoms with van der Waals surface area (Å²) in [5, 5.41) is 3.53. The summed E-state index contributed by atoms with van der Waals surface area (Å²) in [7, 11) is 0. The summed E-state index contributed by atoms with van der Waals surface area (Å²) < 4.78 is 11.3. The van der Waals surface area contributed by atoms with E-state index in [1.54, 1.807) is 11.6 Å². The zero-order valence-corrected chi connectivity index (χ0v) is 15.5. The summed E-state index contributed by atoms with van der Waals surface area (Å²) in [6, 6.07) is 6.14. The van der Waals surface area contributed by atoms with E-state index < -0.39 is 0 Å². The van der Waals surface area contributed by atoms with Crippen molar-refractivity contribution in [3.8, 4) is 11.5 Å². The molecule has 0 spiro atoms. The van der Waals surface area contributed by atoms with Crippen LogP contribution < -0.4 is 14.8 Å². The molecule has 0 radical (unpaired) electrons. The molecule has 134 valence electrons. The molecule has 1 aliphatic carbocycles. The maximum absolute atomic E-state index is 5.68. The molecule has 0 fully saturated rings. The third-order valence-corrected chi connectivity index (χ3v) is 4.00. The van der Waals surface area contributed by atoms with Gasteiger partial charge in [-0.1, -0.05) is 30.4 Å². The van der Waals surface area contributed by atoms with Crippen LogP contribution in [-0.2, 0) is 6.54 Å². The summed E-state index contributed by atoms with van der Waals surface area (Å²) in [5.41, 5.74) is 2.84. The fourth-order valence-corrected chi connectivity index (χ4v) is 2.81. The Morgan fingerprint density at radius 1 is 1.21 bits per heavy atom. The van der Waals surface area contributed by atoms with Crippen molar-refractivity contribution in [3.63, 3.8) is 0 Å². The van der Waals surface area contributed by atoms with Gasteiger partial charge in [-0.3, -0.25) is 0 Å². The molecule has 0 amide bonds. The minimum absolute atomic E-state index is 0. The molecule has 24 heavy (non-hydrogen) atoms. The van der Waals surface area contributed by atoms with Crippen LogP contribution in [0.15, 0.2) is 42.5 Å². The molecule has 4 heteroatoms. The first-order valence-electron chi connectivity index (χ1n) is 8.71. The van der Waals surface area contributed by atoms with E-state index in [1.165, 1.54) is 37.7 Å². The zero-order valence-electron chi connectivity index (χ0n) is 14.7. The molecule has 0 saturated heterocycles. The average molecular weight is 352 g/mol. The van der Waals surface area contributed by atoms with Gasteiger partial charge in [0.15, 0.2) is 11.5 Å². The van der Waals surface area contributed by atoms with Crippen molar-refractivity contribution < 1.29 is 9.47 Å². The molecule has 0 unspecified atom stereocenters. The van der Waals surface area contributed by atoms with Crippen LogP contribution in [0.1, 0.15) is 44.6 Å². The van der Waals surface area contributed by atoms with Crippen molar-refractivity contribution in [3.05, 3.63) is 48.1 Å². The van der Waals surface area contributed by atoms with Gasteiger partial charge in [0.2, 0.25) is 0 Å². The lowest BCUT2D eigenvalue weighted by Crippen LogP contribution is -2.15. The molecule has 1 aromatic rings. The second-order valence-electron chi connectivity index (χ2n) is 5.85. The quantitative estimate of drug-likeness (QED) is 0.472. The van der Waals surface area contributed by atoms with Crippen LogP contribution in [0.25, 0.3) is 0 Å². The van der Waals surface area contributed by atoms with Gasteiger partial charge in [-0.15, -0.1) is 12.4 Å². The van der Waals surface area contributed by atoms with Crippen LogP contribution in [0, 0.1) is 0 Å². The topological polar surface area (TPSA) is 30.5 Å². The third kappa shape index (κ3) is 6.98. The largest absolute Gasteiger partial charge is 0.490 e. The summed E-state index contributed by atoms with van der Waals surface area (Å²) in [5.74, 6) is 1.59. The van der Waals surface area contributed by atoms with E-state index in [0.29, 0.717) is 13.2 Å². The van der Waals surface area contributed by atoms with Crippen molar-refractivity contribution in [2.75, 3.05) is 19.8 Å². The summed E-state index contributed by atoms with van der Waals surface area (Å²) in [6.07, 6.45) is 10.6. The van der Waals surface area contributed by atoms with Gasteiger partial charge in [0.05, 0.1) is 6.61 Å². The Morgan fingerprint density at radius 3 is 2.79 bits per heavy atom. The number of nitrogens with one attached hydrogen (secondary N) is 1. The van der Waals surface area contributed by atoms with E-state index in [4.69, 9.17) is 9.47 Å². The van der Waals surface area contributed by atoms with E-state index in [1.807, 2.05) is 13.0 Å². The van der Waals surface area contributed by atoms with Gasteiger partial charge in [-0.2, -0.15) is 0 Å². The number of rotatable bonds is 10. The normalized spacial score (nSPS) is 13.6. The van der Waals surface area contributed by atoms with E-state index in [9.17, 15) is 0 Å². The maximum atomic E-state index is 5.68. The number of benzene rings is 1. The second-order valence-corrected chi connectivity index (χ2v) is 5.85. The Bertz CT molecular complexity index is 528. The van der Waals surface area contributed by atoms with E-state index in [2.05, 4.69) is 30.1 Å². The lowest BCUT2D eigenvalue weighted by molar-refractivity contribution is 0.296. The van der Waals surface area contributed by atoms with Gasteiger partial charge in [0.25, 0.3) is 0 Å². The minimum Gasteiger partial charge on any atom is -0.490 e. The number of hydrogen-bond donors (Lipinski definition) is 1. The molecule has 0 heterocycles. The van der Waals surface area contributed by atoms with Crippen LogP contribution in [0.2, 0.25) is 0 Å². The van der Waals surface area contributed by atoms with Crippen molar-refractivity contribution in [2.45, 2.75) is 45.6 Å². The molecule has 2 rings (SSSR count). The predicted molar refractivity (Wildman–Crippen MR) is 103 cm³/mol. The van der Waals surface area contributed by atoms with Gasteiger partial charge < -0.3 is 14.8 Å². The maximum Gasteiger partial charge on any atom is 0.161 e. The van der Waals surface area contributed by atoms with Gasteiger partial charge in [0, 0.05) is 6.54 Å². The zero-order chi connectivity index (χ0) is 16.3. The molecule has 3 nitrogen and oxygen atoms in total. The van der Waals surface area contributed by atoms with E-state index >= 15 is 0 Å². The number of ether oxygens (including phenoxy) is 2. The third-order valence-electron chi connectivity index (χ3n) is 4.00. The fourth-order valence-electron chi connectivity index (χ4n) is 2.81. The molecule has 0 atom stereocenters. The van der Waals surface area contributed by atoms with Crippen LogP contribution in [0.4, 0.5) is 0 Å². The smallest absolute Gasteiger partial charge is 0.161 e. The Balaban J connectivity index is 0.00000288. The fraction of sp³-hybridized carbons (Fsp3) is 0.500. The van der Waals surface area contributed by atoms with Crippen LogP contribution in [0.5, 0.6) is 11.5 Å². The summed E-state index contributed by atoms with van der Waals surface area (Å²) >= 11 is 0. The van der Waals surface area contributed by atoms with E-state index in [-0.39, 0.29) is 12.4 Å².